The molecular weight excluding hydrogens is 263 g/mol. The van der Waals surface area contributed by atoms with Gasteiger partial charge in [-0.1, -0.05) is 0 Å². The average molecular weight is 281 g/mol. The van der Waals surface area contributed by atoms with E-state index in [1.54, 1.807) is 0 Å². The Balaban J connectivity index is 2.37. The van der Waals surface area contributed by atoms with Gasteiger partial charge in [-0.2, -0.15) is 13.2 Å². The van der Waals surface area contributed by atoms with Gasteiger partial charge in [0.15, 0.2) is 0 Å². The Labute approximate surface area is 109 Å². The predicted octanol–water partition coefficient (Wildman–Crippen LogP) is 2.43. The molecule has 0 aromatic carbocycles. The topological polar surface area (TPSA) is 57.6 Å². The van der Waals surface area contributed by atoms with Crippen LogP contribution >= 0.6 is 0 Å². The summed E-state index contributed by atoms with van der Waals surface area (Å²) in [7, 11) is 0. The normalized spacial score (nSPS) is 20.4. The molecule has 0 saturated carbocycles. The lowest BCUT2D eigenvalue weighted by atomic mass is 9.93. The van der Waals surface area contributed by atoms with Crippen LogP contribution in [0.3, 0.4) is 0 Å². The fourth-order valence-corrected chi connectivity index (χ4v) is 2.26. The van der Waals surface area contributed by atoms with Crippen LogP contribution in [-0.4, -0.2) is 41.1 Å². The lowest BCUT2D eigenvalue weighted by molar-refractivity contribution is -0.150. The van der Waals surface area contributed by atoms with Gasteiger partial charge < -0.3 is 10.0 Å². The van der Waals surface area contributed by atoms with Crippen molar-refractivity contribution in [3.05, 3.63) is 0 Å². The molecule has 0 aliphatic carbocycles. The molecule has 0 aromatic heterocycles. The van der Waals surface area contributed by atoms with Crippen molar-refractivity contribution in [2.75, 3.05) is 13.1 Å². The number of carbonyl (C=O) groups is 2. The molecule has 1 rings (SSSR count). The summed E-state index contributed by atoms with van der Waals surface area (Å²) < 4.78 is 36.1. The highest BCUT2D eigenvalue weighted by atomic mass is 19.4. The van der Waals surface area contributed by atoms with Crippen LogP contribution in [0.4, 0.5) is 13.2 Å². The van der Waals surface area contributed by atoms with Gasteiger partial charge in [-0.15, -0.1) is 0 Å². The molecule has 1 aliphatic heterocycles. The number of hydrogen-bond acceptors (Lipinski definition) is 2. The third kappa shape index (κ3) is 6.45. The van der Waals surface area contributed by atoms with Crippen molar-refractivity contribution in [2.45, 2.75) is 44.7 Å². The molecule has 0 aromatic rings. The Morgan fingerprint density at radius 2 is 1.95 bits per heavy atom. The van der Waals surface area contributed by atoms with Crippen molar-refractivity contribution >= 4 is 11.9 Å². The van der Waals surface area contributed by atoms with Gasteiger partial charge in [0, 0.05) is 25.9 Å². The van der Waals surface area contributed by atoms with E-state index in [4.69, 9.17) is 5.11 Å². The third-order valence-electron chi connectivity index (χ3n) is 3.26. The van der Waals surface area contributed by atoms with Gasteiger partial charge in [0.2, 0.25) is 5.91 Å². The first-order chi connectivity index (χ1) is 8.78. The van der Waals surface area contributed by atoms with E-state index in [1.165, 1.54) is 4.90 Å². The number of carboxylic acid groups (broad SMARTS) is 1. The number of nitrogens with zero attached hydrogens (tertiary/aromatic N) is 1. The minimum Gasteiger partial charge on any atom is -0.481 e. The van der Waals surface area contributed by atoms with Crippen molar-refractivity contribution in [3.8, 4) is 0 Å². The summed E-state index contributed by atoms with van der Waals surface area (Å²) in [6.45, 7) is 0.851. The molecule has 1 heterocycles. The van der Waals surface area contributed by atoms with Gasteiger partial charge in [0.1, 0.15) is 0 Å². The van der Waals surface area contributed by atoms with E-state index >= 15 is 0 Å². The zero-order valence-corrected chi connectivity index (χ0v) is 10.6. The molecule has 19 heavy (non-hydrogen) atoms. The van der Waals surface area contributed by atoms with Crippen LogP contribution in [0, 0.1) is 5.92 Å². The zero-order valence-electron chi connectivity index (χ0n) is 10.6. The van der Waals surface area contributed by atoms with Crippen molar-refractivity contribution in [1.29, 1.82) is 0 Å². The number of carboxylic acids is 1. The molecule has 1 saturated heterocycles. The maximum absolute atomic E-state index is 12.0. The fraction of sp³-hybridized carbons (Fsp3) is 0.833. The second-order valence-electron chi connectivity index (χ2n) is 4.90. The number of aliphatic carboxylic acids is 1. The number of hydrogen-bond donors (Lipinski definition) is 1. The summed E-state index contributed by atoms with van der Waals surface area (Å²) in [5, 5.41) is 8.59. The number of halogens is 3. The molecule has 0 radical (unpaired) electrons. The van der Waals surface area contributed by atoms with Gasteiger partial charge in [-0.3, -0.25) is 9.59 Å². The first-order valence-electron chi connectivity index (χ1n) is 6.34. The highest BCUT2D eigenvalue weighted by molar-refractivity contribution is 5.76. The first kappa shape index (κ1) is 15.8. The summed E-state index contributed by atoms with van der Waals surface area (Å²) in [6.07, 6.45) is -3.86. The SMILES string of the molecule is O=C(O)CCC1CCCN(C(=O)CCC(F)(F)F)C1. The quantitative estimate of drug-likeness (QED) is 0.842. The lowest BCUT2D eigenvalue weighted by Gasteiger charge is -2.32. The second-order valence-corrected chi connectivity index (χ2v) is 4.90. The van der Waals surface area contributed by atoms with Crippen molar-refractivity contribution in [2.24, 2.45) is 5.92 Å². The first-order valence-corrected chi connectivity index (χ1v) is 6.34. The minimum atomic E-state index is -4.31. The number of piperidine rings is 1. The van der Waals surface area contributed by atoms with Crippen LogP contribution in [-0.2, 0) is 9.59 Å². The van der Waals surface area contributed by atoms with Gasteiger partial charge in [0.05, 0.1) is 6.42 Å². The summed E-state index contributed by atoms with van der Waals surface area (Å²) in [4.78, 5) is 23.5. The molecule has 1 atom stereocenters. The molecule has 1 fully saturated rings. The number of rotatable bonds is 5. The average Bonchev–Trinajstić information content (AvgIpc) is 2.33. The molecule has 7 heteroatoms. The molecule has 110 valence electrons. The van der Waals surface area contributed by atoms with Gasteiger partial charge in [-0.25, -0.2) is 0 Å². The van der Waals surface area contributed by atoms with Crippen LogP contribution < -0.4 is 0 Å². The maximum Gasteiger partial charge on any atom is 0.389 e. The van der Waals surface area contributed by atoms with Gasteiger partial charge in [-0.05, 0) is 25.2 Å². The van der Waals surface area contributed by atoms with E-state index in [0.29, 0.717) is 19.5 Å². The van der Waals surface area contributed by atoms with E-state index in [0.717, 1.165) is 12.8 Å². The molecule has 4 nitrogen and oxygen atoms in total. The maximum atomic E-state index is 12.0. The van der Waals surface area contributed by atoms with Gasteiger partial charge in [0.25, 0.3) is 0 Å². The predicted molar refractivity (Wildman–Crippen MR) is 61.5 cm³/mol. The molecule has 1 N–H and O–H groups in total. The fourth-order valence-electron chi connectivity index (χ4n) is 2.26. The Morgan fingerprint density at radius 3 is 2.53 bits per heavy atom. The molecule has 1 amide bonds. The van der Waals surface area contributed by atoms with Gasteiger partial charge >= 0.3 is 12.1 Å². The van der Waals surface area contributed by atoms with E-state index in [2.05, 4.69) is 0 Å². The Morgan fingerprint density at radius 1 is 1.26 bits per heavy atom. The van der Waals surface area contributed by atoms with Crippen molar-refractivity contribution in [1.82, 2.24) is 4.90 Å². The number of amides is 1. The molecule has 0 bridgehead atoms. The van der Waals surface area contributed by atoms with Crippen LogP contribution in [0.2, 0.25) is 0 Å². The van der Waals surface area contributed by atoms with E-state index in [-0.39, 0.29) is 12.3 Å². The van der Waals surface area contributed by atoms with Crippen LogP contribution in [0.5, 0.6) is 0 Å². The number of alkyl halides is 3. The Kier molecular flexibility index (Phi) is 5.62. The van der Waals surface area contributed by atoms with Crippen LogP contribution in [0.15, 0.2) is 0 Å². The van der Waals surface area contributed by atoms with Crippen molar-refractivity contribution in [3.63, 3.8) is 0 Å². The smallest absolute Gasteiger partial charge is 0.389 e. The summed E-state index contributed by atoms with van der Waals surface area (Å²) in [6, 6.07) is 0. The number of likely N-dealkylation sites (tertiary alicyclic amines) is 1. The Bertz CT molecular complexity index is 331. The largest absolute Gasteiger partial charge is 0.481 e. The summed E-state index contributed by atoms with van der Waals surface area (Å²) >= 11 is 0. The Hall–Kier alpha value is -1.27. The molecule has 0 spiro atoms. The highest BCUT2D eigenvalue weighted by Crippen LogP contribution is 2.25. The second kappa shape index (κ2) is 6.77. The third-order valence-corrected chi connectivity index (χ3v) is 3.26. The minimum absolute atomic E-state index is 0.0370. The van der Waals surface area contributed by atoms with E-state index in [9.17, 15) is 22.8 Å². The van der Waals surface area contributed by atoms with E-state index in [1.807, 2.05) is 0 Å². The standard InChI is InChI=1S/C12H18F3NO3/c13-12(14,15)6-5-10(17)16-7-1-2-9(8-16)3-4-11(18)19/h9H,1-8H2,(H,18,19). The summed E-state index contributed by atoms with van der Waals surface area (Å²) in [5.41, 5.74) is 0. The van der Waals surface area contributed by atoms with Crippen LogP contribution in [0.1, 0.15) is 38.5 Å². The molecule has 1 aliphatic rings. The lowest BCUT2D eigenvalue weighted by Crippen LogP contribution is -2.40. The molecule has 1 unspecified atom stereocenters. The highest BCUT2D eigenvalue weighted by Gasteiger charge is 2.30. The van der Waals surface area contributed by atoms with E-state index < -0.39 is 30.9 Å². The van der Waals surface area contributed by atoms with Crippen LogP contribution in [0.25, 0.3) is 0 Å². The van der Waals surface area contributed by atoms with Crippen molar-refractivity contribution < 1.29 is 27.9 Å². The summed E-state index contributed by atoms with van der Waals surface area (Å²) in [5.74, 6) is -1.29. The molecular formula is C12H18F3NO3. The number of carbonyl (C=O) groups excluding carboxylic acids is 1. The monoisotopic (exact) mass is 281 g/mol. The zero-order chi connectivity index (χ0) is 14.5.